The van der Waals surface area contributed by atoms with Gasteiger partial charge in [0.2, 0.25) is 0 Å². The molecule has 1 heterocycles. The Morgan fingerprint density at radius 1 is 1.43 bits per heavy atom. The van der Waals surface area contributed by atoms with Crippen LogP contribution < -0.4 is 4.74 Å². The van der Waals surface area contributed by atoms with Crippen molar-refractivity contribution in [3.63, 3.8) is 0 Å². The molecule has 0 atom stereocenters. The molecule has 0 radical (unpaired) electrons. The van der Waals surface area contributed by atoms with Gasteiger partial charge in [0.1, 0.15) is 17.4 Å². The maximum Gasteiger partial charge on any atom is 0.258 e. The number of thiazole rings is 1. The number of carbonyl (C=O) groups is 1. The van der Waals surface area contributed by atoms with Crippen LogP contribution in [0.1, 0.15) is 22.3 Å². The van der Waals surface area contributed by atoms with Crippen LogP contribution in [0.25, 0.3) is 0 Å². The molecule has 23 heavy (non-hydrogen) atoms. The highest BCUT2D eigenvalue weighted by atomic mass is 32.1. The molecule has 0 aliphatic heterocycles. The third-order valence-electron chi connectivity index (χ3n) is 3.06. The normalized spacial score (nSPS) is 10.3. The zero-order chi connectivity index (χ0) is 16.7. The van der Waals surface area contributed by atoms with Gasteiger partial charge in [-0.3, -0.25) is 4.79 Å². The average Bonchev–Trinajstić information content (AvgIpc) is 3.05. The molecule has 0 bridgehead atoms. The maximum atomic E-state index is 12.8. The molecule has 1 aromatic carbocycles. The summed E-state index contributed by atoms with van der Waals surface area (Å²) in [5.74, 6) is 0.328. The minimum Gasteiger partial charge on any atom is -0.488 e. The van der Waals surface area contributed by atoms with Gasteiger partial charge in [0.15, 0.2) is 0 Å². The summed E-state index contributed by atoms with van der Waals surface area (Å²) in [6, 6.07) is 7.10. The summed E-state index contributed by atoms with van der Waals surface area (Å²) in [5.41, 5.74) is 1.35. The van der Waals surface area contributed by atoms with Crippen LogP contribution >= 0.6 is 11.3 Å². The first-order chi connectivity index (χ1) is 11.1. The van der Waals surface area contributed by atoms with Crippen molar-refractivity contribution in [3.05, 3.63) is 58.6 Å². The van der Waals surface area contributed by atoms with Crippen molar-refractivity contribution in [2.45, 2.75) is 13.5 Å². The number of para-hydroxylation sites is 1. The highest BCUT2D eigenvalue weighted by Crippen LogP contribution is 2.21. The third-order valence-corrected chi connectivity index (χ3v) is 3.82. The van der Waals surface area contributed by atoms with E-state index >= 15 is 0 Å². The molecule has 1 amide bonds. The van der Waals surface area contributed by atoms with E-state index in [9.17, 15) is 9.90 Å². The first-order valence-electron chi connectivity index (χ1n) is 7.26. The molecule has 0 saturated carbocycles. The van der Waals surface area contributed by atoms with Crippen molar-refractivity contribution < 1.29 is 14.6 Å². The number of aliphatic hydroxyl groups is 1. The summed E-state index contributed by atoms with van der Waals surface area (Å²) in [5, 5.41) is 11.9. The monoisotopic (exact) mass is 332 g/mol. The Morgan fingerprint density at radius 2 is 2.22 bits per heavy atom. The summed E-state index contributed by atoms with van der Waals surface area (Å²) in [6.07, 6.45) is 1.70. The lowest BCUT2D eigenvalue weighted by atomic mass is 10.1. The first-order valence-corrected chi connectivity index (χ1v) is 8.14. The number of aromatic nitrogens is 1. The second-order valence-corrected chi connectivity index (χ2v) is 6.10. The topological polar surface area (TPSA) is 62.7 Å². The van der Waals surface area contributed by atoms with Crippen molar-refractivity contribution >= 4 is 17.2 Å². The molecule has 0 aliphatic rings. The molecule has 0 saturated heterocycles. The lowest BCUT2D eigenvalue weighted by molar-refractivity contribution is 0.0703. The second-order valence-electron chi connectivity index (χ2n) is 5.12. The molecular weight excluding hydrogens is 312 g/mol. The lowest BCUT2D eigenvalue weighted by Gasteiger charge is -2.22. The SMILES string of the molecule is C=C(C)COc1ccccc1C(=O)N(CCO)Cc1nccs1. The molecule has 122 valence electrons. The van der Waals surface area contributed by atoms with E-state index in [1.807, 2.05) is 18.4 Å². The fraction of sp³-hybridized carbons (Fsp3) is 0.294. The van der Waals surface area contributed by atoms with Crippen LogP contribution in [-0.4, -0.2) is 40.7 Å². The van der Waals surface area contributed by atoms with Crippen LogP contribution in [-0.2, 0) is 6.54 Å². The summed E-state index contributed by atoms with van der Waals surface area (Å²) in [7, 11) is 0. The Hall–Kier alpha value is -2.18. The smallest absolute Gasteiger partial charge is 0.258 e. The van der Waals surface area contributed by atoms with Gasteiger partial charge in [0.05, 0.1) is 18.7 Å². The van der Waals surface area contributed by atoms with Gasteiger partial charge in [0, 0.05) is 18.1 Å². The highest BCUT2D eigenvalue weighted by molar-refractivity contribution is 7.09. The van der Waals surface area contributed by atoms with Gasteiger partial charge in [-0.25, -0.2) is 4.98 Å². The summed E-state index contributed by atoms with van der Waals surface area (Å²) in [4.78, 5) is 18.6. The molecule has 1 aromatic heterocycles. The molecule has 0 aliphatic carbocycles. The van der Waals surface area contributed by atoms with Gasteiger partial charge >= 0.3 is 0 Å². The van der Waals surface area contributed by atoms with E-state index in [1.165, 1.54) is 11.3 Å². The Labute approximate surface area is 139 Å². The van der Waals surface area contributed by atoms with E-state index in [1.54, 1.807) is 29.3 Å². The van der Waals surface area contributed by atoms with Crippen molar-refractivity contribution in [3.8, 4) is 5.75 Å². The molecule has 2 aromatic rings. The maximum absolute atomic E-state index is 12.8. The lowest BCUT2D eigenvalue weighted by Crippen LogP contribution is -2.33. The number of hydrogen-bond acceptors (Lipinski definition) is 5. The molecule has 0 fully saturated rings. The Kier molecular flexibility index (Phi) is 6.31. The number of carbonyl (C=O) groups excluding carboxylic acids is 1. The zero-order valence-electron chi connectivity index (χ0n) is 13.1. The van der Waals surface area contributed by atoms with Gasteiger partial charge in [0.25, 0.3) is 5.91 Å². The van der Waals surface area contributed by atoms with Crippen LogP contribution in [0.3, 0.4) is 0 Å². The van der Waals surface area contributed by atoms with E-state index in [0.29, 0.717) is 24.5 Å². The molecule has 0 unspecified atom stereocenters. The van der Waals surface area contributed by atoms with E-state index in [-0.39, 0.29) is 19.1 Å². The standard InChI is InChI=1S/C17H20N2O3S/c1-13(2)12-22-15-6-4-3-5-14(15)17(21)19(8-9-20)11-16-18-7-10-23-16/h3-7,10,20H,1,8-9,11-12H2,2H3. The fourth-order valence-electron chi connectivity index (χ4n) is 2.01. The number of hydrogen-bond donors (Lipinski definition) is 1. The Balaban J connectivity index is 2.20. The largest absolute Gasteiger partial charge is 0.488 e. The molecule has 6 heteroatoms. The predicted octanol–water partition coefficient (Wildman–Crippen LogP) is 2.73. The first kappa shape index (κ1) is 17.2. The quantitative estimate of drug-likeness (QED) is 0.755. The van der Waals surface area contributed by atoms with Crippen LogP contribution in [0, 0.1) is 0 Å². The van der Waals surface area contributed by atoms with E-state index in [4.69, 9.17) is 4.74 Å². The number of nitrogens with zero attached hydrogens (tertiary/aromatic N) is 2. The number of benzene rings is 1. The van der Waals surface area contributed by atoms with Gasteiger partial charge in [-0.15, -0.1) is 11.3 Å². The van der Waals surface area contributed by atoms with Crippen molar-refractivity contribution in [2.75, 3.05) is 19.8 Å². The molecular formula is C17H20N2O3S. The zero-order valence-corrected chi connectivity index (χ0v) is 13.9. The molecule has 2 rings (SSSR count). The van der Waals surface area contributed by atoms with E-state index in [0.717, 1.165) is 10.6 Å². The van der Waals surface area contributed by atoms with Gasteiger partial charge in [-0.1, -0.05) is 18.7 Å². The van der Waals surface area contributed by atoms with Gasteiger partial charge in [-0.05, 0) is 24.6 Å². The van der Waals surface area contributed by atoms with E-state index in [2.05, 4.69) is 11.6 Å². The summed E-state index contributed by atoms with van der Waals surface area (Å²) in [6.45, 7) is 6.53. The number of rotatable bonds is 8. The molecule has 5 nitrogen and oxygen atoms in total. The van der Waals surface area contributed by atoms with Gasteiger partial charge in [-0.2, -0.15) is 0 Å². The Bertz CT molecular complexity index is 656. The number of ether oxygens (including phenoxy) is 1. The number of aliphatic hydroxyl groups excluding tert-OH is 1. The van der Waals surface area contributed by atoms with Gasteiger partial charge < -0.3 is 14.7 Å². The van der Waals surface area contributed by atoms with Crippen molar-refractivity contribution in [1.29, 1.82) is 0 Å². The third kappa shape index (κ3) is 4.91. The van der Waals surface area contributed by atoms with Crippen LogP contribution in [0.15, 0.2) is 48.0 Å². The van der Waals surface area contributed by atoms with Crippen molar-refractivity contribution in [1.82, 2.24) is 9.88 Å². The van der Waals surface area contributed by atoms with Crippen LogP contribution in [0.4, 0.5) is 0 Å². The Morgan fingerprint density at radius 3 is 2.87 bits per heavy atom. The minimum atomic E-state index is -0.188. The molecule has 1 N–H and O–H groups in total. The van der Waals surface area contributed by atoms with Crippen LogP contribution in [0.5, 0.6) is 5.75 Å². The molecule has 0 spiro atoms. The summed E-state index contributed by atoms with van der Waals surface area (Å²) >= 11 is 1.48. The highest BCUT2D eigenvalue weighted by Gasteiger charge is 2.20. The summed E-state index contributed by atoms with van der Waals surface area (Å²) < 4.78 is 5.66. The number of amides is 1. The van der Waals surface area contributed by atoms with Crippen molar-refractivity contribution in [2.24, 2.45) is 0 Å². The second kappa shape index (κ2) is 8.45. The average molecular weight is 332 g/mol. The predicted molar refractivity (Wildman–Crippen MR) is 90.7 cm³/mol. The van der Waals surface area contributed by atoms with Crippen LogP contribution in [0.2, 0.25) is 0 Å². The minimum absolute atomic E-state index is 0.105. The van der Waals surface area contributed by atoms with E-state index < -0.39 is 0 Å². The fourth-order valence-corrected chi connectivity index (χ4v) is 2.64.